The quantitative estimate of drug-likeness (QED) is 0.571. The third kappa shape index (κ3) is 5.05. The molecular formula is C21H24BrN5O. The first kappa shape index (κ1) is 20.2. The molecular weight excluding hydrogens is 418 g/mol. The Kier molecular flexibility index (Phi) is 6.95. The average molecular weight is 442 g/mol. The molecule has 28 heavy (non-hydrogen) atoms. The van der Waals surface area contributed by atoms with Crippen molar-refractivity contribution in [3.63, 3.8) is 0 Å². The number of halogens is 1. The lowest BCUT2D eigenvalue weighted by molar-refractivity contribution is -0.121. The Bertz CT molecular complexity index is 891. The van der Waals surface area contributed by atoms with Gasteiger partial charge in [-0.15, -0.1) is 5.10 Å². The maximum absolute atomic E-state index is 13.0. The normalized spacial score (nSPS) is 12.1. The molecule has 146 valence electrons. The van der Waals surface area contributed by atoms with Crippen LogP contribution < -0.4 is 5.32 Å². The van der Waals surface area contributed by atoms with Gasteiger partial charge in [-0.25, -0.2) is 9.67 Å². The molecule has 3 aromatic rings. The molecule has 3 rings (SSSR count). The van der Waals surface area contributed by atoms with Crippen LogP contribution in [-0.2, 0) is 11.3 Å². The first-order chi connectivity index (χ1) is 13.6. The third-order valence-corrected chi connectivity index (χ3v) is 5.10. The van der Waals surface area contributed by atoms with Crippen LogP contribution in [0.1, 0.15) is 31.0 Å². The highest BCUT2D eigenvalue weighted by Gasteiger charge is 2.26. The fraction of sp³-hybridized carbons (Fsp3) is 0.286. The van der Waals surface area contributed by atoms with E-state index in [9.17, 15) is 4.79 Å². The van der Waals surface area contributed by atoms with Crippen molar-refractivity contribution in [1.29, 1.82) is 0 Å². The second kappa shape index (κ2) is 9.61. The summed E-state index contributed by atoms with van der Waals surface area (Å²) in [4.78, 5) is 19.4. The smallest absolute Gasteiger partial charge is 0.248 e. The summed E-state index contributed by atoms with van der Waals surface area (Å²) in [6.07, 6.45) is 1.63. The highest BCUT2D eigenvalue weighted by atomic mass is 79.9. The number of hydrogen-bond donors (Lipinski definition) is 1. The van der Waals surface area contributed by atoms with Gasteiger partial charge in [-0.1, -0.05) is 72.2 Å². The van der Waals surface area contributed by atoms with Gasteiger partial charge in [-0.05, 0) is 36.3 Å². The van der Waals surface area contributed by atoms with Crippen LogP contribution >= 0.6 is 15.9 Å². The highest BCUT2D eigenvalue weighted by Crippen LogP contribution is 2.22. The van der Waals surface area contributed by atoms with E-state index in [1.165, 1.54) is 0 Å². The number of amides is 1. The van der Waals surface area contributed by atoms with Gasteiger partial charge in [-0.2, -0.15) is 0 Å². The molecule has 1 unspecified atom stereocenters. The standard InChI is InChI=1S/C21H24BrN5O/c1-3-26(4-2)19(17-8-6-5-7-9-17)20(28)24-21-23-15-27(25-21)14-16-10-12-18(22)13-11-16/h5-13,15,19H,3-4,14H2,1-2H3,(H,24,25,28). The lowest BCUT2D eigenvalue weighted by Crippen LogP contribution is -2.37. The van der Waals surface area contributed by atoms with Gasteiger partial charge >= 0.3 is 0 Å². The van der Waals surface area contributed by atoms with Crippen molar-refractivity contribution in [3.8, 4) is 0 Å². The molecule has 1 atom stereocenters. The van der Waals surface area contributed by atoms with Crippen molar-refractivity contribution in [2.24, 2.45) is 0 Å². The first-order valence-corrected chi connectivity index (χ1v) is 10.1. The predicted octanol–water partition coefficient (Wildman–Crippen LogP) is 4.11. The molecule has 1 N–H and O–H groups in total. The molecule has 0 fully saturated rings. The molecule has 0 radical (unpaired) electrons. The summed E-state index contributed by atoms with van der Waals surface area (Å²) in [5, 5.41) is 7.27. The number of anilines is 1. The number of nitrogens with zero attached hydrogens (tertiary/aromatic N) is 4. The van der Waals surface area contributed by atoms with Crippen LogP contribution in [-0.4, -0.2) is 38.7 Å². The van der Waals surface area contributed by atoms with Crippen molar-refractivity contribution < 1.29 is 4.79 Å². The maximum Gasteiger partial charge on any atom is 0.248 e. The highest BCUT2D eigenvalue weighted by molar-refractivity contribution is 9.10. The Balaban J connectivity index is 1.73. The van der Waals surface area contributed by atoms with Gasteiger partial charge in [0.05, 0.1) is 6.54 Å². The minimum atomic E-state index is -0.380. The summed E-state index contributed by atoms with van der Waals surface area (Å²) in [6.45, 7) is 6.24. The number of rotatable bonds is 8. The van der Waals surface area contributed by atoms with Crippen molar-refractivity contribution in [2.75, 3.05) is 18.4 Å². The Morgan fingerprint density at radius 1 is 1.11 bits per heavy atom. The van der Waals surface area contributed by atoms with Crippen molar-refractivity contribution in [3.05, 3.63) is 76.5 Å². The van der Waals surface area contributed by atoms with E-state index in [1.807, 2.05) is 54.6 Å². The van der Waals surface area contributed by atoms with E-state index >= 15 is 0 Å². The van der Waals surface area contributed by atoms with E-state index in [1.54, 1.807) is 11.0 Å². The van der Waals surface area contributed by atoms with E-state index in [0.717, 1.165) is 28.7 Å². The van der Waals surface area contributed by atoms with Crippen molar-refractivity contribution in [2.45, 2.75) is 26.4 Å². The Morgan fingerprint density at radius 2 is 1.79 bits per heavy atom. The Morgan fingerprint density at radius 3 is 2.43 bits per heavy atom. The summed E-state index contributed by atoms with van der Waals surface area (Å²) in [6, 6.07) is 17.4. The van der Waals surface area contributed by atoms with E-state index in [4.69, 9.17) is 0 Å². The number of likely N-dealkylation sites (N-methyl/N-ethyl adjacent to an activating group) is 1. The van der Waals surface area contributed by atoms with Crippen LogP contribution in [0.5, 0.6) is 0 Å². The monoisotopic (exact) mass is 441 g/mol. The van der Waals surface area contributed by atoms with Gasteiger partial charge in [-0.3, -0.25) is 15.0 Å². The van der Waals surface area contributed by atoms with Crippen LogP contribution in [0.25, 0.3) is 0 Å². The van der Waals surface area contributed by atoms with Gasteiger partial charge < -0.3 is 0 Å². The zero-order valence-electron chi connectivity index (χ0n) is 16.0. The average Bonchev–Trinajstić information content (AvgIpc) is 3.15. The van der Waals surface area contributed by atoms with E-state index < -0.39 is 0 Å². The van der Waals surface area contributed by atoms with E-state index in [2.05, 4.69) is 50.1 Å². The van der Waals surface area contributed by atoms with Crippen LogP contribution in [0.4, 0.5) is 5.95 Å². The van der Waals surface area contributed by atoms with Crippen LogP contribution in [0.2, 0.25) is 0 Å². The predicted molar refractivity (Wildman–Crippen MR) is 114 cm³/mol. The number of aromatic nitrogens is 3. The van der Waals surface area contributed by atoms with Gasteiger partial charge in [0.1, 0.15) is 12.4 Å². The molecule has 1 aromatic heterocycles. The minimum Gasteiger partial charge on any atom is -0.292 e. The minimum absolute atomic E-state index is 0.128. The number of carbonyl (C=O) groups is 1. The van der Waals surface area contributed by atoms with Crippen molar-refractivity contribution in [1.82, 2.24) is 19.7 Å². The largest absolute Gasteiger partial charge is 0.292 e. The van der Waals surface area contributed by atoms with Gasteiger partial charge in [0.25, 0.3) is 0 Å². The van der Waals surface area contributed by atoms with E-state index in [0.29, 0.717) is 12.5 Å². The summed E-state index contributed by atoms with van der Waals surface area (Å²) in [5.74, 6) is 0.187. The molecule has 6 nitrogen and oxygen atoms in total. The summed E-state index contributed by atoms with van der Waals surface area (Å²) < 4.78 is 2.75. The Hall–Kier alpha value is -2.51. The SMILES string of the molecule is CCN(CC)C(C(=O)Nc1ncn(Cc2ccc(Br)cc2)n1)c1ccccc1. The lowest BCUT2D eigenvalue weighted by atomic mass is 10.0. The fourth-order valence-corrected chi connectivity index (χ4v) is 3.40. The van der Waals surface area contributed by atoms with Gasteiger partial charge in [0, 0.05) is 4.47 Å². The summed E-state index contributed by atoms with van der Waals surface area (Å²) in [5.41, 5.74) is 2.06. The van der Waals surface area contributed by atoms with Crippen LogP contribution in [0.15, 0.2) is 65.4 Å². The van der Waals surface area contributed by atoms with Gasteiger partial charge in [0.2, 0.25) is 11.9 Å². The zero-order chi connectivity index (χ0) is 19.9. The maximum atomic E-state index is 13.0. The number of carbonyl (C=O) groups excluding carboxylic acids is 1. The topological polar surface area (TPSA) is 63.1 Å². The first-order valence-electron chi connectivity index (χ1n) is 9.34. The van der Waals surface area contributed by atoms with Gasteiger partial charge in [0.15, 0.2) is 0 Å². The third-order valence-electron chi connectivity index (χ3n) is 4.57. The zero-order valence-corrected chi connectivity index (χ0v) is 17.6. The molecule has 0 bridgehead atoms. The molecule has 1 amide bonds. The molecule has 1 heterocycles. The molecule has 7 heteroatoms. The van der Waals surface area contributed by atoms with Crippen LogP contribution in [0, 0.1) is 0 Å². The summed E-state index contributed by atoms with van der Waals surface area (Å²) in [7, 11) is 0. The number of benzene rings is 2. The fourth-order valence-electron chi connectivity index (χ4n) is 3.14. The molecule has 0 saturated heterocycles. The molecule has 2 aromatic carbocycles. The van der Waals surface area contributed by atoms with Crippen LogP contribution in [0.3, 0.4) is 0 Å². The molecule has 0 saturated carbocycles. The molecule has 0 spiro atoms. The lowest BCUT2D eigenvalue weighted by Gasteiger charge is -2.28. The molecule has 0 aliphatic heterocycles. The molecule has 0 aliphatic rings. The second-order valence-corrected chi connectivity index (χ2v) is 7.33. The second-order valence-electron chi connectivity index (χ2n) is 6.42. The summed E-state index contributed by atoms with van der Waals surface area (Å²) >= 11 is 3.43. The Labute approximate surface area is 173 Å². The molecule has 0 aliphatic carbocycles. The van der Waals surface area contributed by atoms with E-state index in [-0.39, 0.29) is 11.9 Å². The number of nitrogens with one attached hydrogen (secondary N) is 1. The number of hydrogen-bond acceptors (Lipinski definition) is 4. The van der Waals surface area contributed by atoms with Crippen molar-refractivity contribution >= 4 is 27.8 Å².